The molecule has 1 rings (SSSR count). The maximum Gasteiger partial charge on any atom is 0.132 e. The number of rotatable bonds is 6. The van der Waals surface area contributed by atoms with Crippen LogP contribution in [0.15, 0.2) is 0 Å². The highest BCUT2D eigenvalue weighted by atomic mass is 16.1. The smallest absolute Gasteiger partial charge is 0.132 e. The highest BCUT2D eigenvalue weighted by Crippen LogP contribution is 2.20. The van der Waals surface area contributed by atoms with Crippen LogP contribution in [-0.4, -0.2) is 18.9 Å². The summed E-state index contributed by atoms with van der Waals surface area (Å²) < 4.78 is 0. The van der Waals surface area contributed by atoms with E-state index in [1.165, 1.54) is 19.3 Å². The molecule has 0 bridgehead atoms. The molecular weight excluding hydrogens is 174 g/mol. The van der Waals surface area contributed by atoms with E-state index >= 15 is 0 Å². The van der Waals surface area contributed by atoms with Crippen LogP contribution >= 0.6 is 0 Å². The van der Waals surface area contributed by atoms with E-state index < -0.39 is 0 Å². The van der Waals surface area contributed by atoms with Gasteiger partial charge in [0.1, 0.15) is 5.78 Å². The van der Waals surface area contributed by atoms with Crippen LogP contribution in [-0.2, 0) is 4.79 Å². The quantitative estimate of drug-likeness (QED) is 0.663. The van der Waals surface area contributed by atoms with Crippen molar-refractivity contribution in [3.63, 3.8) is 0 Å². The third kappa shape index (κ3) is 4.75. The number of nitrogens with one attached hydrogen (secondary N) is 1. The molecule has 0 spiro atoms. The maximum absolute atomic E-state index is 11.0. The number of unbranched alkanes of at least 4 members (excludes halogenated alkanes) is 2. The first-order valence-corrected chi connectivity index (χ1v) is 6.05. The van der Waals surface area contributed by atoms with Gasteiger partial charge in [-0.25, -0.2) is 0 Å². The van der Waals surface area contributed by atoms with Crippen molar-refractivity contribution >= 4 is 5.78 Å². The molecule has 0 unspecified atom stereocenters. The molecular formula is C12H23NO. The lowest BCUT2D eigenvalue weighted by atomic mass is 9.88. The summed E-state index contributed by atoms with van der Waals surface area (Å²) in [7, 11) is 0. The summed E-state index contributed by atoms with van der Waals surface area (Å²) in [5, 5.41) is 3.49. The van der Waals surface area contributed by atoms with Gasteiger partial charge in [-0.05, 0) is 38.3 Å². The van der Waals surface area contributed by atoms with E-state index in [9.17, 15) is 4.79 Å². The van der Waals surface area contributed by atoms with Crippen molar-refractivity contribution in [1.82, 2.24) is 5.32 Å². The van der Waals surface area contributed by atoms with Gasteiger partial charge in [-0.3, -0.25) is 4.79 Å². The van der Waals surface area contributed by atoms with E-state index in [0.717, 1.165) is 44.7 Å². The van der Waals surface area contributed by atoms with E-state index in [2.05, 4.69) is 12.2 Å². The van der Waals surface area contributed by atoms with E-state index in [0.29, 0.717) is 5.78 Å². The summed E-state index contributed by atoms with van der Waals surface area (Å²) in [6, 6.07) is 0. The second-order valence-electron chi connectivity index (χ2n) is 4.39. The van der Waals surface area contributed by atoms with Crippen LogP contribution in [0.2, 0.25) is 0 Å². The monoisotopic (exact) mass is 197 g/mol. The average molecular weight is 197 g/mol. The third-order valence-electron chi connectivity index (χ3n) is 3.05. The molecule has 0 aromatic rings. The number of hydrogen-bond donors (Lipinski definition) is 1. The average Bonchev–Trinajstić information content (AvgIpc) is 2.21. The highest BCUT2D eigenvalue weighted by molar-refractivity contribution is 5.79. The highest BCUT2D eigenvalue weighted by Gasteiger charge is 2.17. The maximum atomic E-state index is 11.0. The van der Waals surface area contributed by atoms with Crippen LogP contribution in [0.4, 0.5) is 0 Å². The normalized spacial score (nSPS) is 18.8. The molecule has 2 nitrogen and oxygen atoms in total. The van der Waals surface area contributed by atoms with Crippen LogP contribution in [0.5, 0.6) is 0 Å². The number of carbonyl (C=O) groups is 1. The van der Waals surface area contributed by atoms with Gasteiger partial charge in [0.05, 0.1) is 0 Å². The first kappa shape index (κ1) is 11.7. The Labute approximate surface area is 87.5 Å². The predicted octanol–water partition coefficient (Wildman–Crippen LogP) is 2.53. The number of Topliss-reactive ketones (excluding diaryl/α,β-unsaturated/α-hetero) is 1. The van der Waals surface area contributed by atoms with E-state index in [-0.39, 0.29) is 0 Å². The van der Waals surface area contributed by atoms with Gasteiger partial charge < -0.3 is 5.32 Å². The molecule has 0 radical (unpaired) electrons. The zero-order valence-electron chi connectivity index (χ0n) is 9.35. The molecule has 0 aromatic heterocycles. The van der Waals surface area contributed by atoms with Crippen molar-refractivity contribution in [2.75, 3.05) is 13.1 Å². The summed E-state index contributed by atoms with van der Waals surface area (Å²) in [4.78, 5) is 11.0. The second kappa shape index (κ2) is 6.99. The Hall–Kier alpha value is -0.370. The fourth-order valence-electron chi connectivity index (χ4n) is 2.01. The summed E-state index contributed by atoms with van der Waals surface area (Å²) in [5.74, 6) is 1.22. The first-order valence-electron chi connectivity index (χ1n) is 6.05. The van der Waals surface area contributed by atoms with Crippen molar-refractivity contribution in [2.24, 2.45) is 5.92 Å². The van der Waals surface area contributed by atoms with Crippen LogP contribution in [0.25, 0.3) is 0 Å². The molecule has 2 heteroatoms. The van der Waals surface area contributed by atoms with Crippen molar-refractivity contribution < 1.29 is 4.79 Å². The van der Waals surface area contributed by atoms with Gasteiger partial charge in [0.25, 0.3) is 0 Å². The standard InChI is InChI=1S/C12H23NO/c1-2-3-4-9-13-10-11-5-7-12(14)8-6-11/h11,13H,2-10H2,1H3. The Bertz CT molecular complexity index is 158. The fraction of sp³-hybridized carbons (Fsp3) is 0.917. The van der Waals surface area contributed by atoms with Crippen molar-refractivity contribution in [2.45, 2.75) is 51.9 Å². The molecule has 0 aromatic carbocycles. The minimum absolute atomic E-state index is 0.465. The molecule has 14 heavy (non-hydrogen) atoms. The van der Waals surface area contributed by atoms with Crippen LogP contribution < -0.4 is 5.32 Å². The molecule has 0 atom stereocenters. The zero-order valence-corrected chi connectivity index (χ0v) is 9.35. The van der Waals surface area contributed by atoms with Crippen molar-refractivity contribution in [1.29, 1.82) is 0 Å². The molecule has 1 saturated carbocycles. The van der Waals surface area contributed by atoms with Crippen molar-refractivity contribution in [3.8, 4) is 0 Å². The van der Waals surface area contributed by atoms with Gasteiger partial charge in [-0.15, -0.1) is 0 Å². The van der Waals surface area contributed by atoms with Gasteiger partial charge in [0, 0.05) is 12.8 Å². The van der Waals surface area contributed by atoms with Gasteiger partial charge >= 0.3 is 0 Å². The van der Waals surface area contributed by atoms with Gasteiger partial charge in [0.15, 0.2) is 0 Å². The van der Waals surface area contributed by atoms with E-state index in [1.807, 2.05) is 0 Å². The minimum atomic E-state index is 0.465. The molecule has 1 aliphatic rings. The molecule has 82 valence electrons. The summed E-state index contributed by atoms with van der Waals surface area (Å²) in [6.45, 7) is 4.50. The molecule has 0 saturated heterocycles. The van der Waals surface area contributed by atoms with Crippen LogP contribution in [0.3, 0.4) is 0 Å². The SMILES string of the molecule is CCCCCNCC1CCC(=O)CC1. The van der Waals surface area contributed by atoms with Gasteiger partial charge in [-0.1, -0.05) is 19.8 Å². The van der Waals surface area contributed by atoms with Gasteiger partial charge in [-0.2, -0.15) is 0 Å². The third-order valence-corrected chi connectivity index (χ3v) is 3.05. The van der Waals surface area contributed by atoms with Gasteiger partial charge in [0.2, 0.25) is 0 Å². The number of hydrogen-bond acceptors (Lipinski definition) is 2. The predicted molar refractivity (Wildman–Crippen MR) is 59.4 cm³/mol. The number of ketones is 1. The Morgan fingerprint density at radius 1 is 1.29 bits per heavy atom. The minimum Gasteiger partial charge on any atom is -0.316 e. The number of carbonyl (C=O) groups excluding carboxylic acids is 1. The zero-order chi connectivity index (χ0) is 10.2. The molecule has 1 aliphatic carbocycles. The molecule has 0 aliphatic heterocycles. The lowest BCUT2D eigenvalue weighted by molar-refractivity contribution is -0.120. The molecule has 0 amide bonds. The Balaban J connectivity index is 1.94. The summed E-state index contributed by atoms with van der Waals surface area (Å²) in [5.41, 5.74) is 0. The first-order chi connectivity index (χ1) is 6.83. The summed E-state index contributed by atoms with van der Waals surface area (Å²) in [6.07, 6.45) is 7.78. The molecule has 0 heterocycles. The molecule has 1 N–H and O–H groups in total. The topological polar surface area (TPSA) is 29.1 Å². The van der Waals surface area contributed by atoms with Crippen LogP contribution in [0.1, 0.15) is 51.9 Å². The summed E-state index contributed by atoms with van der Waals surface area (Å²) >= 11 is 0. The second-order valence-corrected chi connectivity index (χ2v) is 4.39. The Kier molecular flexibility index (Phi) is 5.85. The Morgan fingerprint density at radius 2 is 2.00 bits per heavy atom. The fourth-order valence-corrected chi connectivity index (χ4v) is 2.01. The Morgan fingerprint density at radius 3 is 2.64 bits per heavy atom. The van der Waals surface area contributed by atoms with Crippen molar-refractivity contribution in [3.05, 3.63) is 0 Å². The molecule has 1 fully saturated rings. The lowest BCUT2D eigenvalue weighted by Gasteiger charge is -2.21. The van der Waals surface area contributed by atoms with Crippen LogP contribution in [0, 0.1) is 5.92 Å². The van der Waals surface area contributed by atoms with E-state index in [4.69, 9.17) is 0 Å². The van der Waals surface area contributed by atoms with E-state index in [1.54, 1.807) is 0 Å². The lowest BCUT2D eigenvalue weighted by Crippen LogP contribution is -2.27. The largest absolute Gasteiger partial charge is 0.316 e.